The van der Waals surface area contributed by atoms with Crippen LogP contribution in [0.4, 0.5) is 0 Å². The van der Waals surface area contributed by atoms with Gasteiger partial charge in [-0.1, -0.05) is 0 Å². The minimum atomic E-state index is 0.131. The second kappa shape index (κ2) is 17.5. The van der Waals surface area contributed by atoms with Crippen LogP contribution in [-0.2, 0) is 28.4 Å². The fourth-order valence-electron chi connectivity index (χ4n) is 2.07. The first-order chi connectivity index (χ1) is 11.9. The Hall–Kier alpha value is -0.320. The Morgan fingerprint density at radius 1 is 0.500 bits per heavy atom. The molecule has 1 heterocycles. The first-order valence-electron chi connectivity index (χ1n) is 8.73. The second-order valence-corrected chi connectivity index (χ2v) is 5.24. The molecule has 0 spiro atoms. The number of ether oxygens (including phenoxy) is 6. The van der Waals surface area contributed by atoms with E-state index in [1.807, 2.05) is 0 Å². The molecule has 0 aromatic rings. The smallest absolute Gasteiger partial charge is 0.0701 e. The van der Waals surface area contributed by atoms with Gasteiger partial charge < -0.3 is 33.5 Å². The number of aliphatic hydroxyl groups excluding tert-OH is 1. The topological polar surface area (TPSA) is 78.9 Å². The van der Waals surface area contributed by atoms with Gasteiger partial charge in [0.05, 0.1) is 85.9 Å². The molecule has 0 saturated carbocycles. The highest BCUT2D eigenvalue weighted by molar-refractivity contribution is 4.56. The molecule has 1 saturated heterocycles. The van der Waals surface area contributed by atoms with E-state index in [4.69, 9.17) is 33.5 Å². The standard InChI is InChI=1S/C16H33NO7/c18-4-1-17-2-5-19-7-9-21-11-13-23-15-16-24-14-12-22-10-8-20-6-3-17/h18H,1-16H2. The van der Waals surface area contributed by atoms with Gasteiger partial charge in [-0.2, -0.15) is 0 Å². The predicted molar refractivity (Wildman–Crippen MR) is 88.4 cm³/mol. The quantitative estimate of drug-likeness (QED) is 0.706. The summed E-state index contributed by atoms with van der Waals surface area (Å²) in [5.41, 5.74) is 0. The van der Waals surface area contributed by atoms with E-state index in [9.17, 15) is 0 Å². The van der Waals surface area contributed by atoms with Gasteiger partial charge in [0.1, 0.15) is 0 Å². The van der Waals surface area contributed by atoms with E-state index in [-0.39, 0.29) is 6.61 Å². The van der Waals surface area contributed by atoms with Crippen molar-refractivity contribution < 1.29 is 33.5 Å². The van der Waals surface area contributed by atoms with Crippen LogP contribution in [0.15, 0.2) is 0 Å². The van der Waals surface area contributed by atoms with Crippen molar-refractivity contribution in [2.24, 2.45) is 0 Å². The monoisotopic (exact) mass is 351 g/mol. The Bertz CT molecular complexity index is 237. The van der Waals surface area contributed by atoms with Crippen LogP contribution in [0.1, 0.15) is 0 Å². The molecule has 1 rings (SSSR count). The van der Waals surface area contributed by atoms with Gasteiger partial charge in [-0.3, -0.25) is 4.90 Å². The van der Waals surface area contributed by atoms with E-state index >= 15 is 0 Å². The van der Waals surface area contributed by atoms with Crippen LogP contribution < -0.4 is 0 Å². The van der Waals surface area contributed by atoms with Crippen LogP contribution in [0.3, 0.4) is 0 Å². The predicted octanol–water partition coefficient (Wildman–Crippen LogP) is -0.606. The molecule has 0 aliphatic carbocycles. The lowest BCUT2D eigenvalue weighted by molar-refractivity contribution is -0.0152. The number of β-amino-alcohol motifs (C(OH)–C–C–N with tert-alkyl or cyclic N) is 1. The summed E-state index contributed by atoms with van der Waals surface area (Å²) in [6, 6.07) is 0. The maximum absolute atomic E-state index is 9.10. The van der Waals surface area contributed by atoms with E-state index < -0.39 is 0 Å². The minimum Gasteiger partial charge on any atom is -0.395 e. The zero-order chi connectivity index (χ0) is 17.1. The van der Waals surface area contributed by atoms with Crippen LogP contribution in [0.25, 0.3) is 0 Å². The SMILES string of the molecule is OCCN1CCOCCOCCOCCOCCOCCOCC1. The van der Waals surface area contributed by atoms with Gasteiger partial charge in [0.15, 0.2) is 0 Å². The maximum atomic E-state index is 9.10. The van der Waals surface area contributed by atoms with Gasteiger partial charge >= 0.3 is 0 Å². The summed E-state index contributed by atoms with van der Waals surface area (Å²) in [5, 5.41) is 9.10. The fraction of sp³-hybridized carbons (Fsp3) is 1.00. The summed E-state index contributed by atoms with van der Waals surface area (Å²) in [6.07, 6.45) is 0. The van der Waals surface area contributed by atoms with Crippen molar-refractivity contribution >= 4 is 0 Å². The van der Waals surface area contributed by atoms with Crippen molar-refractivity contribution in [1.82, 2.24) is 4.90 Å². The third kappa shape index (κ3) is 14.1. The minimum absolute atomic E-state index is 0.131. The molecule has 1 fully saturated rings. The molecule has 0 bridgehead atoms. The van der Waals surface area contributed by atoms with Gasteiger partial charge in [-0.25, -0.2) is 0 Å². The van der Waals surface area contributed by atoms with Gasteiger partial charge in [-0.15, -0.1) is 0 Å². The van der Waals surface area contributed by atoms with Gasteiger partial charge in [-0.05, 0) is 0 Å². The highest BCUT2D eigenvalue weighted by atomic mass is 16.6. The molecule has 1 aliphatic rings. The van der Waals surface area contributed by atoms with Crippen molar-refractivity contribution in [3.05, 3.63) is 0 Å². The third-order valence-corrected chi connectivity index (χ3v) is 3.38. The normalized spacial score (nSPS) is 23.4. The Morgan fingerprint density at radius 2 is 0.792 bits per heavy atom. The van der Waals surface area contributed by atoms with Crippen molar-refractivity contribution in [2.45, 2.75) is 0 Å². The Morgan fingerprint density at radius 3 is 1.08 bits per heavy atom. The summed E-state index contributed by atoms with van der Waals surface area (Å²) in [5.74, 6) is 0. The highest BCUT2D eigenvalue weighted by Gasteiger charge is 2.04. The molecule has 0 unspecified atom stereocenters. The van der Waals surface area contributed by atoms with E-state index in [0.29, 0.717) is 85.8 Å². The van der Waals surface area contributed by atoms with Crippen molar-refractivity contribution in [1.29, 1.82) is 0 Å². The fourth-order valence-corrected chi connectivity index (χ4v) is 2.07. The van der Waals surface area contributed by atoms with Gasteiger partial charge in [0.2, 0.25) is 0 Å². The molecule has 1 aliphatic heterocycles. The molecule has 0 aromatic heterocycles. The van der Waals surface area contributed by atoms with Crippen LogP contribution in [-0.4, -0.2) is 116 Å². The Labute approximate surface area is 144 Å². The molecule has 0 atom stereocenters. The molecule has 0 amide bonds. The Kier molecular flexibility index (Phi) is 15.8. The van der Waals surface area contributed by atoms with Crippen LogP contribution in [0.2, 0.25) is 0 Å². The van der Waals surface area contributed by atoms with Crippen LogP contribution in [0, 0.1) is 0 Å². The summed E-state index contributed by atoms with van der Waals surface area (Å²) in [6.45, 7) is 9.08. The number of nitrogens with zero attached hydrogens (tertiary/aromatic N) is 1. The zero-order valence-corrected chi connectivity index (χ0v) is 14.7. The molecular formula is C16H33NO7. The lowest BCUT2D eigenvalue weighted by Crippen LogP contribution is -2.34. The number of hydrogen-bond acceptors (Lipinski definition) is 8. The average molecular weight is 351 g/mol. The van der Waals surface area contributed by atoms with Crippen LogP contribution in [0.5, 0.6) is 0 Å². The van der Waals surface area contributed by atoms with Crippen LogP contribution >= 0.6 is 0 Å². The lowest BCUT2D eigenvalue weighted by atomic mass is 10.4. The number of rotatable bonds is 2. The molecule has 8 heteroatoms. The first-order valence-corrected chi connectivity index (χ1v) is 8.73. The molecule has 0 radical (unpaired) electrons. The van der Waals surface area contributed by atoms with E-state index in [0.717, 1.165) is 13.1 Å². The molecular weight excluding hydrogens is 318 g/mol. The summed E-state index contributed by atoms with van der Waals surface area (Å²) in [7, 11) is 0. The summed E-state index contributed by atoms with van der Waals surface area (Å²) in [4.78, 5) is 2.12. The highest BCUT2D eigenvalue weighted by Crippen LogP contribution is 1.91. The summed E-state index contributed by atoms with van der Waals surface area (Å²) < 4.78 is 32.7. The molecule has 0 aromatic carbocycles. The Balaban J connectivity index is 2.18. The largest absolute Gasteiger partial charge is 0.395 e. The number of hydrogen-bond donors (Lipinski definition) is 1. The van der Waals surface area contributed by atoms with Gasteiger partial charge in [0.25, 0.3) is 0 Å². The van der Waals surface area contributed by atoms with E-state index in [1.165, 1.54) is 0 Å². The zero-order valence-electron chi connectivity index (χ0n) is 14.7. The average Bonchev–Trinajstić information content (AvgIpc) is 2.59. The summed E-state index contributed by atoms with van der Waals surface area (Å²) >= 11 is 0. The van der Waals surface area contributed by atoms with E-state index in [2.05, 4.69) is 4.90 Å². The molecule has 8 nitrogen and oxygen atoms in total. The first kappa shape index (κ1) is 21.7. The third-order valence-electron chi connectivity index (χ3n) is 3.38. The van der Waals surface area contributed by atoms with Gasteiger partial charge in [0, 0.05) is 19.6 Å². The second-order valence-electron chi connectivity index (χ2n) is 5.24. The molecule has 144 valence electrons. The maximum Gasteiger partial charge on any atom is 0.0701 e. The number of aliphatic hydroxyl groups is 1. The van der Waals surface area contributed by atoms with Crippen molar-refractivity contribution in [2.75, 3.05) is 106 Å². The van der Waals surface area contributed by atoms with Crippen molar-refractivity contribution in [3.63, 3.8) is 0 Å². The van der Waals surface area contributed by atoms with E-state index in [1.54, 1.807) is 0 Å². The molecule has 1 N–H and O–H groups in total. The lowest BCUT2D eigenvalue weighted by Gasteiger charge is -2.21. The molecule has 24 heavy (non-hydrogen) atoms. The van der Waals surface area contributed by atoms with Crippen molar-refractivity contribution in [3.8, 4) is 0 Å².